The Morgan fingerprint density at radius 2 is 2.20 bits per heavy atom. The molecule has 0 aliphatic carbocycles. The summed E-state index contributed by atoms with van der Waals surface area (Å²) in [5.74, 6) is 0. The zero-order valence-electron chi connectivity index (χ0n) is 8.10. The highest BCUT2D eigenvalue weighted by atomic mass is 32.2. The zero-order valence-corrected chi connectivity index (χ0v) is 8.91. The lowest BCUT2D eigenvalue weighted by Crippen LogP contribution is -2.21. The Morgan fingerprint density at radius 1 is 1.40 bits per heavy atom. The number of hydrogen-bond acceptors (Lipinski definition) is 4. The van der Waals surface area contributed by atoms with Crippen LogP contribution >= 0.6 is 0 Å². The van der Waals surface area contributed by atoms with Gasteiger partial charge < -0.3 is 4.42 Å². The molecule has 0 saturated heterocycles. The van der Waals surface area contributed by atoms with Crippen molar-refractivity contribution in [3.63, 3.8) is 0 Å². The van der Waals surface area contributed by atoms with Crippen LogP contribution in [0.15, 0.2) is 28.9 Å². The van der Waals surface area contributed by atoms with E-state index in [1.807, 2.05) is 6.07 Å². The van der Waals surface area contributed by atoms with Crippen LogP contribution in [0, 0.1) is 0 Å². The van der Waals surface area contributed by atoms with Gasteiger partial charge in [-0.1, -0.05) is 0 Å². The summed E-state index contributed by atoms with van der Waals surface area (Å²) in [5.41, 5.74) is 1.14. The fourth-order valence-corrected chi connectivity index (χ4v) is 1.60. The Balaban J connectivity index is 2.21. The first-order valence-electron chi connectivity index (χ1n) is 4.32. The smallest absolute Gasteiger partial charge is 0.226 e. The van der Waals surface area contributed by atoms with Crippen molar-refractivity contribution in [1.29, 1.82) is 0 Å². The minimum atomic E-state index is -3.18. The fraction of sp³-hybridized carbons (Fsp3) is 0.222. The Morgan fingerprint density at radius 3 is 2.93 bits per heavy atom. The van der Waals surface area contributed by atoms with Crippen LogP contribution in [0.5, 0.6) is 0 Å². The van der Waals surface area contributed by atoms with Gasteiger partial charge in [-0.2, -0.15) is 0 Å². The van der Waals surface area contributed by atoms with Crippen LogP contribution in [0.2, 0.25) is 0 Å². The van der Waals surface area contributed by atoms with Crippen molar-refractivity contribution < 1.29 is 12.8 Å². The predicted molar refractivity (Wildman–Crippen MR) is 55.7 cm³/mol. The summed E-state index contributed by atoms with van der Waals surface area (Å²) in [6.45, 7) is 0.176. The molecule has 0 spiro atoms. The number of nitrogens with zero attached hydrogens (tertiary/aromatic N) is 1. The van der Waals surface area contributed by atoms with Crippen LogP contribution in [0.4, 0.5) is 0 Å². The lowest BCUT2D eigenvalue weighted by atomic mass is 10.3. The number of hydrogen-bond donors (Lipinski definition) is 1. The molecule has 0 aliphatic heterocycles. The second kappa shape index (κ2) is 3.63. The second-order valence-electron chi connectivity index (χ2n) is 3.21. The quantitative estimate of drug-likeness (QED) is 0.843. The number of furan rings is 1. The molecule has 2 aromatic rings. The first kappa shape index (κ1) is 10.1. The van der Waals surface area contributed by atoms with E-state index >= 15 is 0 Å². The van der Waals surface area contributed by atoms with E-state index in [9.17, 15) is 8.42 Å². The van der Waals surface area contributed by atoms with Crippen molar-refractivity contribution in [2.45, 2.75) is 6.54 Å². The summed E-state index contributed by atoms with van der Waals surface area (Å²) in [6.07, 6.45) is 2.66. The van der Waals surface area contributed by atoms with Gasteiger partial charge >= 0.3 is 0 Å². The maximum absolute atomic E-state index is 10.9. The van der Waals surface area contributed by atoms with Crippen LogP contribution < -0.4 is 4.72 Å². The Labute approximate surface area is 87.2 Å². The van der Waals surface area contributed by atoms with Crippen molar-refractivity contribution in [3.05, 3.63) is 30.2 Å². The molecule has 1 N–H and O–H groups in total. The molecule has 0 saturated carbocycles. The van der Waals surface area contributed by atoms with Crippen LogP contribution in [-0.2, 0) is 16.6 Å². The van der Waals surface area contributed by atoms with E-state index in [0.717, 1.165) is 11.6 Å². The predicted octanol–water partition coefficient (Wildman–Crippen LogP) is 0.877. The molecule has 0 atom stereocenters. The summed E-state index contributed by atoms with van der Waals surface area (Å²) >= 11 is 0. The van der Waals surface area contributed by atoms with E-state index in [1.54, 1.807) is 18.4 Å². The molecule has 80 valence electrons. The molecular formula is C9H10N2O3S. The van der Waals surface area contributed by atoms with E-state index in [0.29, 0.717) is 11.4 Å². The molecule has 6 heteroatoms. The van der Waals surface area contributed by atoms with Gasteiger partial charge in [-0.25, -0.2) is 18.1 Å². The molecule has 2 heterocycles. The topological polar surface area (TPSA) is 72.2 Å². The zero-order chi connectivity index (χ0) is 10.9. The van der Waals surface area contributed by atoms with E-state index in [4.69, 9.17) is 4.42 Å². The number of pyridine rings is 1. The molecule has 2 aromatic heterocycles. The average Bonchev–Trinajstić information content (AvgIpc) is 2.60. The van der Waals surface area contributed by atoms with Gasteiger partial charge in [0.05, 0.1) is 24.8 Å². The molecule has 15 heavy (non-hydrogen) atoms. The summed E-state index contributed by atoms with van der Waals surface area (Å²) in [5, 5.41) is 0.901. The third-order valence-corrected chi connectivity index (χ3v) is 2.56. The number of nitrogens with one attached hydrogen (secondary N) is 1. The second-order valence-corrected chi connectivity index (χ2v) is 5.04. The van der Waals surface area contributed by atoms with Gasteiger partial charge in [-0.05, 0) is 18.2 Å². The summed E-state index contributed by atoms with van der Waals surface area (Å²) in [6, 6.07) is 5.40. The third kappa shape index (κ3) is 2.54. The molecule has 0 radical (unpaired) electrons. The minimum Gasteiger partial charge on any atom is -0.446 e. The van der Waals surface area contributed by atoms with E-state index < -0.39 is 10.0 Å². The van der Waals surface area contributed by atoms with E-state index in [1.165, 1.54) is 0 Å². The molecule has 2 rings (SSSR count). The first-order valence-corrected chi connectivity index (χ1v) is 6.21. The first-order chi connectivity index (χ1) is 7.04. The van der Waals surface area contributed by atoms with Crippen LogP contribution in [0.1, 0.15) is 5.69 Å². The van der Waals surface area contributed by atoms with E-state index in [-0.39, 0.29) is 6.54 Å². The van der Waals surface area contributed by atoms with Crippen LogP contribution in [0.25, 0.3) is 11.1 Å². The Bertz CT molecular complexity index is 574. The number of rotatable bonds is 3. The Kier molecular flexibility index (Phi) is 2.45. The van der Waals surface area contributed by atoms with Gasteiger partial charge in [-0.3, -0.25) is 0 Å². The van der Waals surface area contributed by atoms with Crippen molar-refractivity contribution in [2.75, 3.05) is 6.26 Å². The lowest BCUT2D eigenvalue weighted by Gasteiger charge is -2.00. The van der Waals surface area contributed by atoms with E-state index in [2.05, 4.69) is 9.71 Å². The van der Waals surface area contributed by atoms with Gasteiger partial charge in [-0.15, -0.1) is 0 Å². The highest BCUT2D eigenvalue weighted by molar-refractivity contribution is 7.88. The van der Waals surface area contributed by atoms with Gasteiger partial charge in [0.1, 0.15) is 0 Å². The molecule has 0 aliphatic rings. The summed E-state index contributed by atoms with van der Waals surface area (Å²) in [4.78, 5) is 4.14. The lowest BCUT2D eigenvalue weighted by molar-refractivity contribution is 0.584. The largest absolute Gasteiger partial charge is 0.446 e. The molecule has 0 fully saturated rings. The average molecular weight is 226 g/mol. The highest BCUT2D eigenvalue weighted by Crippen LogP contribution is 2.12. The minimum absolute atomic E-state index is 0.176. The molecular weight excluding hydrogens is 216 g/mol. The monoisotopic (exact) mass is 226 g/mol. The standard InChI is InChI=1S/C9H10N2O3S/c1-15(12,13)10-6-8-3-2-7-4-5-14-9(7)11-8/h2-5,10H,6H2,1H3. The van der Waals surface area contributed by atoms with Gasteiger partial charge in [0.25, 0.3) is 0 Å². The van der Waals surface area contributed by atoms with Crippen molar-refractivity contribution in [1.82, 2.24) is 9.71 Å². The van der Waals surface area contributed by atoms with Gasteiger partial charge in [0.15, 0.2) is 0 Å². The maximum atomic E-state index is 10.9. The van der Waals surface area contributed by atoms with Gasteiger partial charge in [0.2, 0.25) is 15.7 Å². The maximum Gasteiger partial charge on any atom is 0.226 e. The van der Waals surface area contributed by atoms with Crippen molar-refractivity contribution in [3.8, 4) is 0 Å². The summed E-state index contributed by atoms with van der Waals surface area (Å²) < 4.78 is 29.2. The molecule has 5 nitrogen and oxygen atoms in total. The summed E-state index contributed by atoms with van der Waals surface area (Å²) in [7, 11) is -3.18. The van der Waals surface area contributed by atoms with Crippen molar-refractivity contribution in [2.24, 2.45) is 0 Å². The van der Waals surface area contributed by atoms with Crippen molar-refractivity contribution >= 4 is 21.1 Å². The fourth-order valence-electron chi connectivity index (χ4n) is 1.19. The SMILES string of the molecule is CS(=O)(=O)NCc1ccc2ccoc2n1. The molecule has 0 aromatic carbocycles. The number of fused-ring (bicyclic) bond motifs is 1. The molecule has 0 unspecified atom stereocenters. The van der Waals surface area contributed by atoms with Crippen LogP contribution in [-0.4, -0.2) is 19.7 Å². The van der Waals surface area contributed by atoms with Gasteiger partial charge in [0, 0.05) is 5.39 Å². The normalized spacial score (nSPS) is 12.1. The highest BCUT2D eigenvalue weighted by Gasteiger charge is 2.04. The number of sulfonamides is 1. The molecule has 0 amide bonds. The van der Waals surface area contributed by atoms with Crippen LogP contribution in [0.3, 0.4) is 0 Å². The number of aromatic nitrogens is 1. The third-order valence-electron chi connectivity index (χ3n) is 1.89. The Hall–Kier alpha value is -1.40. The molecule has 0 bridgehead atoms.